The van der Waals surface area contributed by atoms with Crippen molar-refractivity contribution in [2.24, 2.45) is 4.99 Å². The second kappa shape index (κ2) is 10.2. The predicted octanol–water partition coefficient (Wildman–Crippen LogP) is 3.42. The molecule has 0 saturated heterocycles. The summed E-state index contributed by atoms with van der Waals surface area (Å²) in [7, 11) is 0. The molecule has 6 heteroatoms. The Hall–Kier alpha value is -1.92. The smallest absolute Gasteiger partial charge is 0.191 e. The van der Waals surface area contributed by atoms with E-state index in [1.54, 1.807) is 0 Å². The van der Waals surface area contributed by atoms with Gasteiger partial charge in [0.1, 0.15) is 5.82 Å². The van der Waals surface area contributed by atoms with Crippen molar-refractivity contribution in [2.75, 3.05) is 19.7 Å². The molecule has 0 spiro atoms. The lowest BCUT2D eigenvalue weighted by Crippen LogP contribution is -2.39. The van der Waals surface area contributed by atoms with Crippen molar-refractivity contribution in [1.82, 2.24) is 10.6 Å². The minimum atomic E-state index is -0.290. The van der Waals surface area contributed by atoms with E-state index >= 15 is 0 Å². The molecule has 0 aliphatic rings. The number of aliphatic hydroxyl groups excluding tert-OH is 1. The maximum Gasteiger partial charge on any atom is 0.191 e. The Morgan fingerprint density at radius 1 is 1.20 bits per heavy atom. The zero-order chi connectivity index (χ0) is 18.1. The normalized spacial score (nSPS) is 12.7. The SMILES string of the molecule is CCNC(=NCc1cc(F)cc(Br)c1)NCC(CO)c1ccccc1. The number of aliphatic imine (C=N–C) groups is 1. The van der Waals surface area contributed by atoms with Gasteiger partial charge in [-0.2, -0.15) is 0 Å². The van der Waals surface area contributed by atoms with Gasteiger partial charge in [-0.15, -0.1) is 0 Å². The standard InChI is InChI=1S/C19H23BrFN3O/c1-2-22-19(23-11-14-8-17(20)10-18(21)9-14)24-12-16(13-25)15-6-4-3-5-7-15/h3-10,16,25H,2,11-13H2,1H3,(H2,22,23,24). The van der Waals surface area contributed by atoms with Gasteiger partial charge in [0, 0.05) is 23.5 Å². The summed E-state index contributed by atoms with van der Waals surface area (Å²) in [5.74, 6) is 0.326. The highest BCUT2D eigenvalue weighted by Gasteiger charge is 2.10. The Bertz CT molecular complexity index is 674. The molecule has 25 heavy (non-hydrogen) atoms. The van der Waals surface area contributed by atoms with Crippen LogP contribution in [-0.2, 0) is 6.54 Å². The summed E-state index contributed by atoms with van der Waals surface area (Å²) in [6.45, 7) is 3.66. The first-order valence-electron chi connectivity index (χ1n) is 8.25. The molecule has 2 aromatic rings. The van der Waals surface area contributed by atoms with Crippen LogP contribution >= 0.6 is 15.9 Å². The van der Waals surface area contributed by atoms with Crippen molar-refractivity contribution >= 4 is 21.9 Å². The lowest BCUT2D eigenvalue weighted by molar-refractivity contribution is 0.265. The minimum absolute atomic E-state index is 0.0200. The van der Waals surface area contributed by atoms with Crippen molar-refractivity contribution in [3.63, 3.8) is 0 Å². The molecule has 134 valence electrons. The van der Waals surface area contributed by atoms with Crippen molar-refractivity contribution in [3.8, 4) is 0 Å². The van der Waals surface area contributed by atoms with Crippen LogP contribution in [0.15, 0.2) is 58.0 Å². The highest BCUT2D eigenvalue weighted by Crippen LogP contribution is 2.16. The average Bonchev–Trinajstić information content (AvgIpc) is 2.60. The van der Waals surface area contributed by atoms with Gasteiger partial charge in [-0.1, -0.05) is 46.3 Å². The molecular weight excluding hydrogens is 385 g/mol. The summed E-state index contributed by atoms with van der Waals surface area (Å²) in [6, 6.07) is 14.6. The Labute approximate surface area is 156 Å². The first-order valence-corrected chi connectivity index (χ1v) is 9.04. The van der Waals surface area contributed by atoms with Crippen LogP contribution in [0, 0.1) is 5.82 Å². The van der Waals surface area contributed by atoms with E-state index in [-0.39, 0.29) is 18.3 Å². The van der Waals surface area contributed by atoms with Gasteiger partial charge in [0.15, 0.2) is 5.96 Å². The maximum absolute atomic E-state index is 13.5. The van der Waals surface area contributed by atoms with Gasteiger partial charge in [-0.05, 0) is 36.2 Å². The summed E-state index contributed by atoms with van der Waals surface area (Å²) < 4.78 is 14.1. The molecule has 0 aliphatic carbocycles. The summed E-state index contributed by atoms with van der Waals surface area (Å²) in [5, 5.41) is 16.1. The Balaban J connectivity index is 2.01. The van der Waals surface area contributed by atoms with Crippen LogP contribution in [0.2, 0.25) is 0 Å². The highest BCUT2D eigenvalue weighted by molar-refractivity contribution is 9.10. The van der Waals surface area contributed by atoms with Crippen LogP contribution in [0.25, 0.3) is 0 Å². The number of nitrogens with one attached hydrogen (secondary N) is 2. The molecule has 0 saturated carbocycles. The van der Waals surface area contributed by atoms with Gasteiger partial charge in [0.2, 0.25) is 0 Å². The van der Waals surface area contributed by atoms with E-state index in [1.807, 2.05) is 43.3 Å². The largest absolute Gasteiger partial charge is 0.396 e. The number of hydrogen-bond acceptors (Lipinski definition) is 2. The highest BCUT2D eigenvalue weighted by atomic mass is 79.9. The molecular formula is C19H23BrFN3O. The first-order chi connectivity index (χ1) is 12.1. The topological polar surface area (TPSA) is 56.7 Å². The quantitative estimate of drug-likeness (QED) is 0.486. The van der Waals surface area contributed by atoms with E-state index in [9.17, 15) is 9.50 Å². The third kappa shape index (κ3) is 6.48. The monoisotopic (exact) mass is 407 g/mol. The molecule has 0 heterocycles. The van der Waals surface area contributed by atoms with Crippen LogP contribution in [0.1, 0.15) is 24.0 Å². The van der Waals surface area contributed by atoms with Gasteiger partial charge in [0.05, 0.1) is 13.2 Å². The third-order valence-electron chi connectivity index (χ3n) is 3.69. The molecule has 0 radical (unpaired) electrons. The van der Waals surface area contributed by atoms with E-state index in [0.29, 0.717) is 30.1 Å². The summed E-state index contributed by atoms with van der Waals surface area (Å²) in [6.07, 6.45) is 0. The van der Waals surface area contributed by atoms with Gasteiger partial charge in [-0.3, -0.25) is 0 Å². The van der Waals surface area contributed by atoms with Crippen molar-refractivity contribution in [2.45, 2.75) is 19.4 Å². The molecule has 3 N–H and O–H groups in total. The number of benzene rings is 2. The molecule has 1 unspecified atom stereocenters. The van der Waals surface area contributed by atoms with Gasteiger partial charge in [-0.25, -0.2) is 9.38 Å². The summed E-state index contributed by atoms with van der Waals surface area (Å²) in [5.41, 5.74) is 1.85. The lowest BCUT2D eigenvalue weighted by atomic mass is 10.0. The molecule has 0 fully saturated rings. The number of rotatable bonds is 7. The molecule has 2 aromatic carbocycles. The molecule has 4 nitrogen and oxygen atoms in total. The maximum atomic E-state index is 13.5. The zero-order valence-corrected chi connectivity index (χ0v) is 15.8. The lowest BCUT2D eigenvalue weighted by Gasteiger charge is -2.18. The van der Waals surface area contributed by atoms with Crippen molar-refractivity contribution in [3.05, 3.63) is 69.9 Å². The van der Waals surface area contributed by atoms with Crippen LogP contribution in [0.3, 0.4) is 0 Å². The van der Waals surface area contributed by atoms with Crippen LogP contribution in [-0.4, -0.2) is 30.8 Å². The fourth-order valence-corrected chi connectivity index (χ4v) is 2.96. The van der Waals surface area contributed by atoms with E-state index in [4.69, 9.17) is 0 Å². The number of aliphatic hydroxyl groups is 1. The van der Waals surface area contributed by atoms with Crippen molar-refractivity contribution in [1.29, 1.82) is 0 Å². The Morgan fingerprint density at radius 3 is 2.60 bits per heavy atom. The number of halogens is 2. The fraction of sp³-hybridized carbons (Fsp3) is 0.316. The number of hydrogen-bond donors (Lipinski definition) is 3. The minimum Gasteiger partial charge on any atom is -0.396 e. The molecule has 0 aromatic heterocycles. The van der Waals surface area contributed by atoms with Crippen molar-refractivity contribution < 1.29 is 9.50 Å². The number of guanidine groups is 1. The Morgan fingerprint density at radius 2 is 1.96 bits per heavy atom. The van der Waals surface area contributed by atoms with E-state index < -0.39 is 0 Å². The van der Waals surface area contributed by atoms with E-state index in [1.165, 1.54) is 12.1 Å². The molecule has 0 aliphatic heterocycles. The Kier molecular flexibility index (Phi) is 7.88. The van der Waals surface area contributed by atoms with E-state index in [2.05, 4.69) is 31.6 Å². The van der Waals surface area contributed by atoms with Gasteiger partial charge >= 0.3 is 0 Å². The number of nitrogens with zero attached hydrogens (tertiary/aromatic N) is 1. The molecule has 1 atom stereocenters. The first kappa shape index (κ1) is 19.4. The third-order valence-corrected chi connectivity index (χ3v) is 4.15. The fourth-order valence-electron chi connectivity index (χ4n) is 2.45. The van der Waals surface area contributed by atoms with Crippen LogP contribution in [0.5, 0.6) is 0 Å². The predicted molar refractivity (Wildman–Crippen MR) is 103 cm³/mol. The van der Waals surface area contributed by atoms with E-state index in [0.717, 1.165) is 11.1 Å². The summed E-state index contributed by atoms with van der Waals surface area (Å²) in [4.78, 5) is 4.49. The second-order valence-electron chi connectivity index (χ2n) is 5.64. The summed E-state index contributed by atoms with van der Waals surface area (Å²) >= 11 is 3.29. The van der Waals surface area contributed by atoms with Gasteiger partial charge < -0.3 is 15.7 Å². The molecule has 0 amide bonds. The average molecular weight is 408 g/mol. The van der Waals surface area contributed by atoms with Crippen LogP contribution in [0.4, 0.5) is 4.39 Å². The molecule has 0 bridgehead atoms. The zero-order valence-electron chi connectivity index (χ0n) is 14.2. The molecule has 2 rings (SSSR count). The van der Waals surface area contributed by atoms with Gasteiger partial charge in [0.25, 0.3) is 0 Å². The van der Waals surface area contributed by atoms with Crippen LogP contribution < -0.4 is 10.6 Å². The second-order valence-corrected chi connectivity index (χ2v) is 6.56.